The summed E-state index contributed by atoms with van der Waals surface area (Å²) in [6.45, 7) is 7.13. The van der Waals surface area contributed by atoms with E-state index in [1.54, 1.807) is 4.90 Å². The van der Waals surface area contributed by atoms with Gasteiger partial charge in [-0.05, 0) is 75.0 Å². The van der Waals surface area contributed by atoms with Gasteiger partial charge in [0.05, 0.1) is 0 Å². The average Bonchev–Trinajstić information content (AvgIpc) is 3.02. The van der Waals surface area contributed by atoms with Crippen molar-refractivity contribution in [2.75, 3.05) is 44.6 Å². The second-order valence-electron chi connectivity index (χ2n) is 11.0. The second kappa shape index (κ2) is 14.6. The fourth-order valence-electron chi connectivity index (χ4n) is 5.67. The van der Waals surface area contributed by atoms with E-state index in [0.29, 0.717) is 24.1 Å². The largest absolute Gasteiger partial charge is 0.364 e. The van der Waals surface area contributed by atoms with Crippen LogP contribution in [0, 0.1) is 0 Å². The molecule has 7 N–H and O–H groups in total. The maximum atomic E-state index is 11.9. The molecular formula is C29H45N9O3. The van der Waals surface area contributed by atoms with Gasteiger partial charge in [0.1, 0.15) is 0 Å². The first-order valence-corrected chi connectivity index (χ1v) is 14.9. The van der Waals surface area contributed by atoms with Crippen molar-refractivity contribution in [3.8, 4) is 0 Å². The lowest BCUT2D eigenvalue weighted by molar-refractivity contribution is -0.131. The number of piperidine rings is 3. The molecule has 3 fully saturated rings. The molecule has 4 amide bonds. The van der Waals surface area contributed by atoms with E-state index in [0.717, 1.165) is 83.5 Å². The molecule has 4 heterocycles. The molecule has 0 bridgehead atoms. The van der Waals surface area contributed by atoms with Crippen molar-refractivity contribution in [3.05, 3.63) is 41.3 Å². The van der Waals surface area contributed by atoms with Gasteiger partial charge in [0.25, 0.3) is 5.91 Å². The Balaban J connectivity index is 0.000000367. The Hall–Kier alpha value is -3.96. The number of primary amides is 2. The lowest BCUT2D eigenvalue weighted by atomic mass is 9.89. The van der Waals surface area contributed by atoms with Crippen molar-refractivity contribution in [2.24, 2.45) is 16.5 Å². The minimum absolute atomic E-state index is 0.211. The molecule has 12 heteroatoms. The fourth-order valence-corrected chi connectivity index (χ4v) is 5.67. The Kier molecular flexibility index (Phi) is 10.7. The third-order valence-corrected chi connectivity index (χ3v) is 8.12. The number of nitrogens with two attached hydrogens (primary N) is 2. The first-order valence-electron chi connectivity index (χ1n) is 14.9. The molecule has 0 aromatic heterocycles. The highest BCUT2D eigenvalue weighted by atomic mass is 16.2. The van der Waals surface area contributed by atoms with E-state index >= 15 is 0 Å². The van der Waals surface area contributed by atoms with E-state index in [-0.39, 0.29) is 17.6 Å². The number of carbonyl (C=O) groups is 3. The Morgan fingerprint density at radius 2 is 1.46 bits per heavy atom. The van der Waals surface area contributed by atoms with Gasteiger partial charge in [-0.3, -0.25) is 20.4 Å². The van der Waals surface area contributed by atoms with Gasteiger partial charge in [-0.25, -0.2) is 4.79 Å². The van der Waals surface area contributed by atoms with E-state index in [1.165, 1.54) is 18.4 Å². The molecule has 1 aromatic carbocycles. The van der Waals surface area contributed by atoms with Crippen molar-refractivity contribution in [1.82, 2.24) is 25.6 Å². The zero-order valence-electron chi connectivity index (χ0n) is 24.2. The Morgan fingerprint density at radius 3 is 2.00 bits per heavy atom. The molecule has 0 atom stereocenters. The summed E-state index contributed by atoms with van der Waals surface area (Å²) >= 11 is 0. The van der Waals surface area contributed by atoms with Gasteiger partial charge in [-0.15, -0.1) is 0 Å². The zero-order valence-corrected chi connectivity index (χ0v) is 24.2. The molecule has 5 rings (SSSR count). The number of aliphatic imine (C=N–C) groups is 1. The molecule has 41 heavy (non-hydrogen) atoms. The first kappa shape index (κ1) is 30.0. The Labute approximate surface area is 242 Å². The van der Waals surface area contributed by atoms with Crippen LogP contribution in [-0.4, -0.2) is 77.8 Å². The number of hydrogen-bond acceptors (Lipinski definition) is 8. The van der Waals surface area contributed by atoms with Crippen LogP contribution in [0.5, 0.6) is 0 Å². The number of guanidine groups is 1. The van der Waals surface area contributed by atoms with Crippen molar-refractivity contribution < 1.29 is 14.4 Å². The average molecular weight is 568 g/mol. The molecule has 0 spiro atoms. The number of urea groups is 1. The summed E-state index contributed by atoms with van der Waals surface area (Å²) in [6.07, 6.45) is 9.48. The van der Waals surface area contributed by atoms with Gasteiger partial charge in [-0.1, -0.05) is 19.1 Å². The minimum atomic E-state index is -0.577. The van der Waals surface area contributed by atoms with Gasteiger partial charge in [-0.2, -0.15) is 4.99 Å². The predicted molar refractivity (Wildman–Crippen MR) is 159 cm³/mol. The molecular weight excluding hydrogens is 522 g/mol. The second-order valence-corrected chi connectivity index (χ2v) is 11.0. The molecule has 1 aromatic rings. The van der Waals surface area contributed by atoms with Crippen molar-refractivity contribution >= 4 is 29.5 Å². The van der Waals surface area contributed by atoms with Crippen LogP contribution < -0.4 is 27.6 Å². The Bertz CT molecular complexity index is 1110. The van der Waals surface area contributed by atoms with Crippen LogP contribution in [-0.2, 0) is 9.59 Å². The van der Waals surface area contributed by atoms with Crippen molar-refractivity contribution in [3.63, 3.8) is 0 Å². The molecule has 4 aliphatic heterocycles. The summed E-state index contributed by atoms with van der Waals surface area (Å²) in [5, 5.41) is 3.25. The summed E-state index contributed by atoms with van der Waals surface area (Å²) in [4.78, 5) is 44.8. The van der Waals surface area contributed by atoms with Crippen molar-refractivity contribution in [1.29, 1.82) is 0 Å². The van der Waals surface area contributed by atoms with Crippen LogP contribution >= 0.6 is 0 Å². The van der Waals surface area contributed by atoms with Crippen LogP contribution in [0.1, 0.15) is 76.2 Å². The molecule has 4 aliphatic rings. The molecule has 0 unspecified atom stereocenters. The normalized spacial score (nSPS) is 19.7. The van der Waals surface area contributed by atoms with Gasteiger partial charge >= 0.3 is 6.03 Å². The van der Waals surface area contributed by atoms with Gasteiger partial charge in [0, 0.05) is 51.4 Å². The van der Waals surface area contributed by atoms with Crippen molar-refractivity contribution in [2.45, 2.75) is 70.6 Å². The van der Waals surface area contributed by atoms with Crippen LogP contribution in [0.3, 0.4) is 0 Å². The number of hydrogen-bond donors (Lipinski definition) is 5. The van der Waals surface area contributed by atoms with E-state index in [4.69, 9.17) is 11.5 Å². The summed E-state index contributed by atoms with van der Waals surface area (Å²) in [7, 11) is 0. The van der Waals surface area contributed by atoms with E-state index in [2.05, 4.69) is 38.2 Å². The third-order valence-electron chi connectivity index (χ3n) is 8.12. The van der Waals surface area contributed by atoms with Crippen LogP contribution in [0.4, 0.5) is 10.5 Å². The molecule has 3 saturated heterocycles. The molecule has 12 nitrogen and oxygen atoms in total. The van der Waals surface area contributed by atoms with Crippen LogP contribution in [0.2, 0.25) is 0 Å². The molecule has 0 saturated carbocycles. The first-order chi connectivity index (χ1) is 19.9. The number of anilines is 1. The lowest BCUT2D eigenvalue weighted by Gasteiger charge is -2.33. The SMILES string of the molecule is CCC(=O)N1CCC(c2ccc(NC3=C(C(N)=O)NNC(N4CCCCC4)=N3)cc2)CC1.NC(=O)N1CCCCC1. The highest BCUT2D eigenvalue weighted by Gasteiger charge is 2.25. The molecule has 0 aliphatic carbocycles. The summed E-state index contributed by atoms with van der Waals surface area (Å²) in [5.41, 5.74) is 18.8. The number of carbonyl (C=O) groups excluding carboxylic acids is 3. The van der Waals surface area contributed by atoms with E-state index in [1.807, 2.05) is 24.0 Å². The zero-order chi connectivity index (χ0) is 29.2. The number of likely N-dealkylation sites (tertiary alicyclic amines) is 3. The quantitative estimate of drug-likeness (QED) is 0.365. The summed E-state index contributed by atoms with van der Waals surface area (Å²) in [5.74, 6) is 1.22. The number of benzene rings is 1. The van der Waals surface area contributed by atoms with E-state index < -0.39 is 5.91 Å². The van der Waals surface area contributed by atoms with E-state index in [9.17, 15) is 14.4 Å². The number of nitrogens with zero attached hydrogens (tertiary/aromatic N) is 4. The third kappa shape index (κ3) is 8.27. The minimum Gasteiger partial charge on any atom is -0.364 e. The van der Waals surface area contributed by atoms with Gasteiger partial charge in [0.2, 0.25) is 11.9 Å². The van der Waals surface area contributed by atoms with Crippen LogP contribution in [0.15, 0.2) is 40.8 Å². The molecule has 224 valence electrons. The summed E-state index contributed by atoms with van der Waals surface area (Å²) in [6, 6.07) is 7.96. The number of hydrazine groups is 1. The standard InChI is InChI=1S/C23H33N7O2.C6H12N2O/c1-2-19(31)29-14-10-17(11-15-29)16-6-8-18(9-7-16)25-22-20(21(24)32)27-28-23(26-22)30-12-4-3-5-13-30;7-6(9)8-4-2-1-3-5-8/h6-9,17,25,27H,2-5,10-15H2,1H3,(H2,24,32)(H,26,28);1-5H2,(H2,7,9). The Morgan fingerprint density at radius 1 is 0.854 bits per heavy atom. The number of rotatable bonds is 5. The summed E-state index contributed by atoms with van der Waals surface area (Å²) < 4.78 is 0. The topological polar surface area (TPSA) is 161 Å². The molecule has 0 radical (unpaired) electrons. The smallest absolute Gasteiger partial charge is 0.314 e. The monoisotopic (exact) mass is 567 g/mol. The number of nitrogens with one attached hydrogen (secondary N) is 3. The predicted octanol–water partition coefficient (Wildman–Crippen LogP) is 2.37. The number of amides is 4. The maximum Gasteiger partial charge on any atom is 0.314 e. The van der Waals surface area contributed by atoms with Gasteiger partial charge in [0.15, 0.2) is 11.5 Å². The fraction of sp³-hybridized carbons (Fsp3) is 0.586. The van der Waals surface area contributed by atoms with Gasteiger partial charge < -0.3 is 31.5 Å². The highest BCUT2D eigenvalue weighted by molar-refractivity contribution is 5.95. The lowest BCUT2D eigenvalue weighted by Crippen LogP contribution is -2.53. The maximum absolute atomic E-state index is 11.9. The highest BCUT2D eigenvalue weighted by Crippen LogP contribution is 2.29. The van der Waals surface area contributed by atoms with Crippen LogP contribution in [0.25, 0.3) is 0 Å².